The van der Waals surface area contributed by atoms with Gasteiger partial charge in [0.2, 0.25) is 5.88 Å². The number of hydrogen-bond acceptors (Lipinski definition) is 5. The zero-order valence-corrected chi connectivity index (χ0v) is 22.4. The van der Waals surface area contributed by atoms with Crippen molar-refractivity contribution < 1.29 is 14.6 Å². The monoisotopic (exact) mass is 535 g/mol. The highest BCUT2D eigenvalue weighted by atomic mass is 32.1. The zero-order valence-electron chi connectivity index (χ0n) is 21.6. The van der Waals surface area contributed by atoms with Crippen molar-refractivity contribution in [1.82, 2.24) is 4.57 Å². The minimum absolute atomic E-state index is 0.0360. The summed E-state index contributed by atoms with van der Waals surface area (Å²) in [5, 5.41) is 11.7. The maximum absolute atomic E-state index is 13.8. The molecule has 39 heavy (non-hydrogen) atoms. The van der Waals surface area contributed by atoms with Crippen molar-refractivity contribution in [3.8, 4) is 11.6 Å². The average molecular weight is 536 g/mol. The lowest BCUT2D eigenvalue weighted by Gasteiger charge is -2.37. The van der Waals surface area contributed by atoms with Crippen LogP contribution in [0.2, 0.25) is 0 Å². The minimum Gasteiger partial charge on any atom is -0.494 e. The second-order valence-corrected chi connectivity index (χ2v) is 10.3. The van der Waals surface area contributed by atoms with Gasteiger partial charge in [0.05, 0.1) is 4.88 Å². The number of nitrogens with zero attached hydrogens (tertiary/aromatic N) is 1. The second kappa shape index (κ2) is 11.5. The van der Waals surface area contributed by atoms with Crippen LogP contribution in [0.1, 0.15) is 40.5 Å². The highest BCUT2D eigenvalue weighted by molar-refractivity contribution is 7.09. The molecule has 5 aromatic rings. The molecule has 0 saturated heterocycles. The van der Waals surface area contributed by atoms with E-state index in [9.17, 15) is 14.7 Å². The lowest BCUT2D eigenvalue weighted by Crippen LogP contribution is -2.42. The van der Waals surface area contributed by atoms with Crippen molar-refractivity contribution in [3.05, 3.63) is 152 Å². The third-order valence-corrected chi connectivity index (χ3v) is 7.78. The first-order valence-corrected chi connectivity index (χ1v) is 13.7. The summed E-state index contributed by atoms with van der Waals surface area (Å²) in [6.07, 6.45) is 0.811. The molecule has 0 aliphatic carbocycles. The lowest BCUT2D eigenvalue weighted by molar-refractivity contribution is -0.120. The quantitative estimate of drug-likeness (QED) is 0.210. The Labute approximate surface area is 231 Å². The van der Waals surface area contributed by atoms with E-state index < -0.39 is 5.54 Å². The molecule has 0 saturated carbocycles. The molecular formula is C33H29NO4S. The van der Waals surface area contributed by atoms with Crippen molar-refractivity contribution in [1.29, 1.82) is 0 Å². The molecule has 0 atom stereocenters. The van der Waals surface area contributed by atoms with Crippen LogP contribution in [0.3, 0.4) is 0 Å². The molecule has 4 aromatic carbocycles. The summed E-state index contributed by atoms with van der Waals surface area (Å²) in [6.45, 7) is 1.85. The molecule has 0 aliphatic heterocycles. The molecule has 1 heterocycles. The highest BCUT2D eigenvalue weighted by Crippen LogP contribution is 2.43. The van der Waals surface area contributed by atoms with E-state index >= 15 is 0 Å². The Kier molecular flexibility index (Phi) is 7.75. The van der Waals surface area contributed by atoms with Crippen molar-refractivity contribution in [3.63, 3.8) is 0 Å². The molecule has 0 bridgehead atoms. The van der Waals surface area contributed by atoms with Crippen molar-refractivity contribution in [2.24, 2.45) is 0 Å². The predicted molar refractivity (Wildman–Crippen MR) is 155 cm³/mol. The standard InChI is InChI=1S/C33H29NO4S/c1-2-28(35)23-38-29-20-18-24(19-21-29)22-30-31(36)34(32(37)39-30)33(25-12-6-3-7-13-25,26-14-8-4-9-15-26)27-16-10-5-11-17-27/h3-21,36H,2,22-23H2,1H3. The van der Waals surface area contributed by atoms with E-state index in [4.69, 9.17) is 4.74 Å². The van der Waals surface area contributed by atoms with Crippen LogP contribution >= 0.6 is 11.3 Å². The molecule has 1 aromatic heterocycles. The zero-order chi connectivity index (χ0) is 27.2. The Morgan fingerprint density at radius 3 is 1.74 bits per heavy atom. The summed E-state index contributed by atoms with van der Waals surface area (Å²) in [7, 11) is 0. The highest BCUT2D eigenvalue weighted by Gasteiger charge is 2.42. The minimum atomic E-state index is -1.08. The molecule has 0 unspecified atom stereocenters. The number of rotatable bonds is 10. The van der Waals surface area contributed by atoms with E-state index in [0.717, 1.165) is 33.6 Å². The van der Waals surface area contributed by atoms with Crippen molar-refractivity contribution >= 4 is 17.1 Å². The molecule has 6 heteroatoms. The van der Waals surface area contributed by atoms with Gasteiger partial charge in [-0.2, -0.15) is 0 Å². The number of benzene rings is 4. The molecule has 0 aliphatic rings. The summed E-state index contributed by atoms with van der Waals surface area (Å²) in [6, 6.07) is 36.8. The average Bonchev–Trinajstić information content (AvgIpc) is 3.27. The van der Waals surface area contributed by atoms with Gasteiger partial charge >= 0.3 is 4.87 Å². The summed E-state index contributed by atoms with van der Waals surface area (Å²) in [5.41, 5.74) is 2.44. The van der Waals surface area contributed by atoms with Gasteiger partial charge in [0.15, 0.2) is 5.78 Å². The number of thiazole rings is 1. The first kappa shape index (κ1) is 26.2. The van der Waals surface area contributed by atoms with Gasteiger partial charge in [0.25, 0.3) is 0 Å². The van der Waals surface area contributed by atoms with Crippen LogP contribution in [0.15, 0.2) is 120 Å². The SMILES string of the molecule is CCC(=O)COc1ccc(Cc2sc(=O)n(C(c3ccccc3)(c3ccccc3)c3ccccc3)c2O)cc1. The molecule has 5 nitrogen and oxygen atoms in total. The molecule has 196 valence electrons. The van der Waals surface area contributed by atoms with Gasteiger partial charge in [0, 0.05) is 12.8 Å². The third-order valence-electron chi connectivity index (χ3n) is 6.85. The summed E-state index contributed by atoms with van der Waals surface area (Å²) in [4.78, 5) is 25.7. The number of aromatic hydroxyl groups is 1. The van der Waals surface area contributed by atoms with Crippen LogP contribution in [0.5, 0.6) is 11.6 Å². The fraction of sp³-hybridized carbons (Fsp3) is 0.152. The lowest BCUT2D eigenvalue weighted by atomic mass is 9.76. The Morgan fingerprint density at radius 1 is 0.795 bits per heavy atom. The molecule has 0 spiro atoms. The van der Waals surface area contributed by atoms with Crippen LogP contribution in [0.4, 0.5) is 0 Å². The maximum atomic E-state index is 13.8. The normalized spacial score (nSPS) is 11.3. The van der Waals surface area contributed by atoms with Crippen LogP contribution in [-0.4, -0.2) is 22.1 Å². The number of carbonyl (C=O) groups excluding carboxylic acids is 1. The number of ether oxygens (including phenoxy) is 1. The number of ketones is 1. The Hall–Kier alpha value is -4.42. The molecule has 1 N–H and O–H groups in total. The van der Waals surface area contributed by atoms with Crippen molar-refractivity contribution in [2.45, 2.75) is 25.3 Å². The number of hydrogen-bond donors (Lipinski definition) is 1. The van der Waals surface area contributed by atoms with Gasteiger partial charge in [0.1, 0.15) is 17.9 Å². The molecule has 0 amide bonds. The van der Waals surface area contributed by atoms with Crippen LogP contribution in [0.25, 0.3) is 0 Å². The summed E-state index contributed by atoms with van der Waals surface area (Å²) >= 11 is 1.05. The number of carbonyl (C=O) groups is 1. The Bertz CT molecular complexity index is 1490. The largest absolute Gasteiger partial charge is 0.494 e. The van der Waals surface area contributed by atoms with Gasteiger partial charge in [-0.3, -0.25) is 14.2 Å². The third kappa shape index (κ3) is 5.16. The second-order valence-electron chi connectivity index (χ2n) is 9.26. The predicted octanol–water partition coefficient (Wildman–Crippen LogP) is 6.40. The smallest absolute Gasteiger partial charge is 0.311 e. The van der Waals surface area contributed by atoms with E-state index in [1.165, 1.54) is 4.57 Å². The first-order chi connectivity index (χ1) is 19.0. The Morgan fingerprint density at radius 2 is 1.28 bits per heavy atom. The van der Waals surface area contributed by atoms with Crippen LogP contribution in [-0.2, 0) is 16.8 Å². The number of aromatic nitrogens is 1. The van der Waals surface area contributed by atoms with Crippen LogP contribution in [0, 0.1) is 0 Å². The van der Waals surface area contributed by atoms with Gasteiger partial charge in [-0.1, -0.05) is 121 Å². The van der Waals surface area contributed by atoms with Gasteiger partial charge in [-0.05, 0) is 34.4 Å². The van der Waals surface area contributed by atoms with Crippen molar-refractivity contribution in [2.75, 3.05) is 6.61 Å². The van der Waals surface area contributed by atoms with E-state index in [0.29, 0.717) is 23.5 Å². The molecule has 5 rings (SSSR count). The topological polar surface area (TPSA) is 68.5 Å². The van der Waals surface area contributed by atoms with E-state index in [1.54, 1.807) is 19.1 Å². The fourth-order valence-electron chi connectivity index (χ4n) is 4.90. The van der Waals surface area contributed by atoms with E-state index in [1.807, 2.05) is 103 Å². The van der Waals surface area contributed by atoms with Crippen LogP contribution < -0.4 is 9.61 Å². The van der Waals surface area contributed by atoms with E-state index in [2.05, 4.69) is 0 Å². The summed E-state index contributed by atoms with van der Waals surface area (Å²) < 4.78 is 7.08. The van der Waals surface area contributed by atoms with Gasteiger partial charge in [-0.15, -0.1) is 0 Å². The molecular weight excluding hydrogens is 506 g/mol. The van der Waals surface area contributed by atoms with Gasteiger partial charge in [-0.25, -0.2) is 0 Å². The first-order valence-electron chi connectivity index (χ1n) is 12.9. The molecule has 0 fully saturated rings. The fourth-order valence-corrected chi connectivity index (χ4v) is 5.85. The van der Waals surface area contributed by atoms with E-state index in [-0.39, 0.29) is 23.1 Å². The molecule has 0 radical (unpaired) electrons. The van der Waals surface area contributed by atoms with Gasteiger partial charge < -0.3 is 9.84 Å². The summed E-state index contributed by atoms with van der Waals surface area (Å²) in [5.74, 6) is 0.580. The number of Topliss-reactive ketones (excluding diaryl/α,β-unsaturated/α-hetero) is 1. The maximum Gasteiger partial charge on any atom is 0.311 e. The Balaban J connectivity index is 1.62.